The Bertz CT molecular complexity index is 77.8. The Balaban J connectivity index is -0.00000000762. The molecule has 0 N–H and O–H groups in total. The fourth-order valence-electron chi connectivity index (χ4n) is 0. The molecule has 0 aromatic rings. The van der Waals surface area contributed by atoms with Gasteiger partial charge in [-0.3, -0.25) is 0 Å². The van der Waals surface area contributed by atoms with Gasteiger partial charge in [-0.05, 0) is 0 Å². The summed E-state index contributed by atoms with van der Waals surface area (Å²) in [5, 5.41) is 0. The fraction of sp³-hybridized carbons (Fsp3) is 0. The molecular weight excluding hydrogens is 612 g/mol. The minimum atomic E-state index is -6.00. The first-order valence-electron chi connectivity index (χ1n) is 1.75. The van der Waals surface area contributed by atoms with Gasteiger partial charge >= 0.3 is 59.5 Å². The van der Waals surface area contributed by atoms with Crippen molar-refractivity contribution in [1.29, 1.82) is 0 Å². The zero-order valence-electron chi connectivity index (χ0n) is 8.04. The molecule has 0 aliphatic carbocycles. The Labute approximate surface area is 111 Å². The molecule has 15 heteroatoms. The van der Waals surface area contributed by atoms with Crippen LogP contribution in [0.5, 0.6) is 0 Å². The minimum Gasteiger partial charge on any atom is -2.00 e. The fourth-order valence-corrected chi connectivity index (χ4v) is 0. The quantitative estimate of drug-likeness (QED) is 0.297. The number of rotatable bonds is 0. The molecular formula is H2B2F8O3Pt2. The average Bonchev–Trinajstić information content (AvgIpc) is 1.12. The summed E-state index contributed by atoms with van der Waals surface area (Å²) in [6.45, 7) is 0. The molecule has 0 atom stereocenters. The van der Waals surface area contributed by atoms with Crippen LogP contribution in [0.1, 0.15) is 2.85 Å². The van der Waals surface area contributed by atoms with E-state index in [0.29, 0.717) is 0 Å². The second-order valence-corrected chi connectivity index (χ2v) is 0.990. The minimum absolute atomic E-state index is 0. The summed E-state index contributed by atoms with van der Waals surface area (Å²) in [6.07, 6.45) is 0. The zero-order chi connectivity index (χ0) is 9.00. The topological polar surface area (TPSA) is 85.5 Å². The van der Waals surface area contributed by atoms with Crippen LogP contribution in [-0.4, -0.2) is 14.5 Å². The van der Waals surface area contributed by atoms with Crippen molar-refractivity contribution in [3.05, 3.63) is 0 Å². The van der Waals surface area contributed by atoms with Gasteiger partial charge in [-0.2, -0.15) is 0 Å². The molecule has 102 valence electrons. The predicted octanol–water partition coefficient (Wildman–Crippen LogP) is 2.46. The summed E-state index contributed by atoms with van der Waals surface area (Å²) in [4.78, 5) is 0. The largest absolute Gasteiger partial charge is 3.00 e. The molecule has 0 spiro atoms. The number of hydrogen-bond donors (Lipinski definition) is 0. The Morgan fingerprint density at radius 1 is 0.467 bits per heavy atom. The van der Waals surface area contributed by atoms with Crippen LogP contribution in [0.25, 0.3) is 0 Å². The molecule has 0 unspecified atom stereocenters. The zero-order valence-corrected chi connectivity index (χ0v) is 10.6. The van der Waals surface area contributed by atoms with Crippen molar-refractivity contribution < 1.29 is 95.9 Å². The van der Waals surface area contributed by atoms with Gasteiger partial charge in [0.1, 0.15) is 0 Å². The van der Waals surface area contributed by atoms with Crippen molar-refractivity contribution in [2.45, 2.75) is 0 Å². The van der Waals surface area contributed by atoms with Crippen LogP contribution < -0.4 is 0 Å². The van der Waals surface area contributed by atoms with Gasteiger partial charge < -0.3 is 51.0 Å². The molecule has 3 nitrogen and oxygen atoms in total. The summed E-state index contributed by atoms with van der Waals surface area (Å²) in [6, 6.07) is 0. The van der Waals surface area contributed by atoms with Crippen LogP contribution in [0.3, 0.4) is 0 Å². The first kappa shape index (κ1) is 44.7. The van der Waals surface area contributed by atoms with Gasteiger partial charge in [0.15, 0.2) is 0 Å². The molecule has 0 saturated carbocycles. The second-order valence-electron chi connectivity index (χ2n) is 0.990. The van der Waals surface area contributed by atoms with Crippen LogP contribution in [0.15, 0.2) is 0 Å². The summed E-state index contributed by atoms with van der Waals surface area (Å²) in [5.41, 5.74) is 0. The molecule has 0 bridgehead atoms. The van der Waals surface area contributed by atoms with Gasteiger partial charge in [0.25, 0.3) is 0 Å². The van der Waals surface area contributed by atoms with E-state index < -0.39 is 14.5 Å². The van der Waals surface area contributed by atoms with Gasteiger partial charge in [-0.25, -0.2) is 0 Å². The molecule has 0 amide bonds. The van der Waals surface area contributed by atoms with Gasteiger partial charge in [-0.1, -0.05) is 0 Å². The third kappa shape index (κ3) is 3570. The third-order valence-electron chi connectivity index (χ3n) is 0. The van der Waals surface area contributed by atoms with Crippen molar-refractivity contribution in [2.75, 3.05) is 0 Å². The molecule has 0 saturated heterocycles. The normalized spacial score (nSPS) is 8.00. The van der Waals surface area contributed by atoms with Gasteiger partial charge in [-0.15, -0.1) is 0 Å². The van der Waals surface area contributed by atoms with Crippen LogP contribution in [0.2, 0.25) is 0 Å². The van der Waals surface area contributed by atoms with E-state index in [-0.39, 0.29) is 61.4 Å². The van der Waals surface area contributed by atoms with Crippen molar-refractivity contribution >= 4 is 14.5 Å². The van der Waals surface area contributed by atoms with E-state index in [9.17, 15) is 34.5 Å². The second kappa shape index (κ2) is 17.2. The predicted molar refractivity (Wildman–Crippen MR) is 24.7 cm³/mol. The van der Waals surface area contributed by atoms with Crippen LogP contribution in [0.4, 0.5) is 34.5 Å². The van der Waals surface area contributed by atoms with Gasteiger partial charge in [0, 0.05) is 0 Å². The van der Waals surface area contributed by atoms with Crippen molar-refractivity contribution in [2.24, 2.45) is 0 Å². The van der Waals surface area contributed by atoms with Crippen molar-refractivity contribution in [3.63, 3.8) is 0 Å². The summed E-state index contributed by atoms with van der Waals surface area (Å²) < 4.78 is 78.0. The monoisotopic (exact) mass is 614 g/mol. The molecule has 0 aliphatic heterocycles. The number of hydrogen-bond acceptors (Lipinski definition) is 0. The summed E-state index contributed by atoms with van der Waals surface area (Å²) in [5.74, 6) is 0. The molecule has 0 aliphatic rings. The standard InChI is InChI=1S/2BF4.3O.2Pt/c2*2-1(3,4)5;;;;;/q2*-1;3*-2;2*+3/p+2. The average molecular weight is 614 g/mol. The molecule has 15 heavy (non-hydrogen) atoms. The Kier molecular flexibility index (Phi) is 51.3. The maximum Gasteiger partial charge on any atom is 3.00 e. The van der Waals surface area contributed by atoms with E-state index in [2.05, 4.69) is 0 Å². The maximum atomic E-state index is 9.75. The number of halogens is 8. The Morgan fingerprint density at radius 3 is 0.467 bits per heavy atom. The first-order chi connectivity index (χ1) is 4.00. The van der Waals surface area contributed by atoms with E-state index in [1.807, 2.05) is 0 Å². The summed E-state index contributed by atoms with van der Waals surface area (Å²) >= 11 is 0. The molecule has 0 aromatic heterocycles. The van der Waals surface area contributed by atoms with E-state index in [0.717, 1.165) is 0 Å². The van der Waals surface area contributed by atoms with Gasteiger partial charge in [0.05, 0.1) is 0 Å². The molecule has 0 heterocycles. The van der Waals surface area contributed by atoms with Crippen molar-refractivity contribution in [1.82, 2.24) is 0 Å². The van der Waals surface area contributed by atoms with Crippen molar-refractivity contribution in [3.8, 4) is 0 Å². The van der Waals surface area contributed by atoms with Crippen LogP contribution in [0, 0.1) is 0 Å². The van der Waals surface area contributed by atoms with E-state index >= 15 is 0 Å². The van der Waals surface area contributed by atoms with Crippen LogP contribution in [-0.2, 0) is 58.6 Å². The summed E-state index contributed by atoms with van der Waals surface area (Å²) in [7, 11) is -12.0. The van der Waals surface area contributed by atoms with E-state index in [4.69, 9.17) is 0 Å². The molecule has 2 radical (unpaired) electrons. The smallest absolute Gasteiger partial charge is 2.00 e. The van der Waals surface area contributed by atoms with E-state index in [1.165, 1.54) is 0 Å². The Hall–Kier alpha value is 0.826. The first-order valence-corrected chi connectivity index (χ1v) is 1.75. The van der Waals surface area contributed by atoms with Crippen LogP contribution >= 0.6 is 0 Å². The molecule has 0 aromatic carbocycles. The maximum absolute atomic E-state index is 9.75. The SMILES string of the molecule is F[B-](F)(F)F.F[B-](F)(F)F.[H+].[H+].[O-2].[O-2].[O-2].[Pt+3].[Pt+3]. The van der Waals surface area contributed by atoms with E-state index in [1.54, 1.807) is 0 Å². The third-order valence-corrected chi connectivity index (χ3v) is 0. The Morgan fingerprint density at radius 2 is 0.467 bits per heavy atom. The van der Waals surface area contributed by atoms with Gasteiger partial charge in [0.2, 0.25) is 0 Å². The molecule has 0 rings (SSSR count). The molecule has 0 fully saturated rings.